The number of fused-ring (bicyclic) bond motifs is 1. The van der Waals surface area contributed by atoms with Crippen LogP contribution in [0.2, 0.25) is 5.02 Å². The lowest BCUT2D eigenvalue weighted by Crippen LogP contribution is -2.39. The fourth-order valence-corrected chi connectivity index (χ4v) is 3.52. The fourth-order valence-electron chi connectivity index (χ4n) is 3.39. The molecular weight excluding hydrogens is 392 g/mol. The maximum absolute atomic E-state index is 13.4. The van der Waals surface area contributed by atoms with Crippen molar-refractivity contribution >= 4 is 34.9 Å². The highest BCUT2D eigenvalue weighted by Crippen LogP contribution is 2.29. The molecule has 0 radical (unpaired) electrons. The van der Waals surface area contributed by atoms with Crippen molar-refractivity contribution in [3.05, 3.63) is 70.5 Å². The Morgan fingerprint density at radius 1 is 1.14 bits per heavy atom. The molecule has 0 saturated carbocycles. The molecule has 2 aromatic carbocycles. The van der Waals surface area contributed by atoms with Gasteiger partial charge in [-0.25, -0.2) is 9.48 Å². The van der Waals surface area contributed by atoms with E-state index in [1.807, 2.05) is 0 Å². The molecule has 0 saturated heterocycles. The average Bonchev–Trinajstić information content (AvgIpc) is 3.11. The molecule has 0 bridgehead atoms. The summed E-state index contributed by atoms with van der Waals surface area (Å²) in [6.45, 7) is 2.38. The van der Waals surface area contributed by atoms with E-state index in [4.69, 9.17) is 22.1 Å². The smallest absolute Gasteiger partial charge is 0.359 e. The van der Waals surface area contributed by atoms with Crippen LogP contribution in [-0.2, 0) is 11.2 Å². The highest BCUT2D eigenvalue weighted by Gasteiger charge is 2.35. The molecule has 2 heterocycles. The van der Waals surface area contributed by atoms with Crippen molar-refractivity contribution in [1.82, 2.24) is 9.78 Å². The first-order valence-corrected chi connectivity index (χ1v) is 9.59. The Labute approximate surface area is 172 Å². The maximum atomic E-state index is 13.4. The van der Waals surface area contributed by atoms with E-state index < -0.39 is 5.97 Å². The number of hydrogen-bond donors (Lipinski definition) is 1. The van der Waals surface area contributed by atoms with E-state index in [0.717, 1.165) is 5.69 Å². The predicted molar refractivity (Wildman–Crippen MR) is 111 cm³/mol. The number of carbonyl (C=O) groups excluding carboxylic acids is 2. The highest BCUT2D eigenvalue weighted by atomic mass is 35.5. The van der Waals surface area contributed by atoms with E-state index in [9.17, 15) is 9.59 Å². The molecule has 8 heteroatoms. The van der Waals surface area contributed by atoms with Crippen LogP contribution in [-0.4, -0.2) is 34.8 Å². The van der Waals surface area contributed by atoms with Crippen LogP contribution in [0.1, 0.15) is 33.5 Å². The van der Waals surface area contributed by atoms with E-state index in [0.29, 0.717) is 40.6 Å². The third kappa shape index (κ3) is 3.45. The minimum absolute atomic E-state index is 0.169. The van der Waals surface area contributed by atoms with Crippen molar-refractivity contribution in [3.63, 3.8) is 0 Å². The van der Waals surface area contributed by atoms with Gasteiger partial charge in [0, 0.05) is 28.5 Å². The molecule has 1 amide bonds. The van der Waals surface area contributed by atoms with Crippen molar-refractivity contribution in [2.45, 2.75) is 13.3 Å². The number of carbonyl (C=O) groups is 2. The molecule has 0 fully saturated rings. The van der Waals surface area contributed by atoms with E-state index in [1.165, 1.54) is 4.68 Å². The molecule has 1 aliphatic heterocycles. The van der Waals surface area contributed by atoms with Crippen LogP contribution >= 0.6 is 11.6 Å². The van der Waals surface area contributed by atoms with Gasteiger partial charge in [-0.05, 0) is 61.9 Å². The molecule has 1 aliphatic rings. The second-order valence-corrected chi connectivity index (χ2v) is 7.02. The van der Waals surface area contributed by atoms with Gasteiger partial charge in [0.1, 0.15) is 5.69 Å². The number of esters is 1. The third-order valence-electron chi connectivity index (χ3n) is 4.76. The van der Waals surface area contributed by atoms with Gasteiger partial charge in [0.25, 0.3) is 5.91 Å². The number of rotatable bonds is 4. The van der Waals surface area contributed by atoms with Crippen LogP contribution in [0, 0.1) is 0 Å². The van der Waals surface area contributed by atoms with Gasteiger partial charge in [-0.15, -0.1) is 0 Å². The number of aromatic nitrogens is 2. The number of ether oxygens (including phenoxy) is 1. The van der Waals surface area contributed by atoms with Crippen LogP contribution in [0.15, 0.2) is 48.5 Å². The largest absolute Gasteiger partial charge is 0.461 e. The summed E-state index contributed by atoms with van der Waals surface area (Å²) in [5.74, 6) is -0.779. The molecule has 4 rings (SSSR count). The summed E-state index contributed by atoms with van der Waals surface area (Å²) in [7, 11) is 0. The lowest BCUT2D eigenvalue weighted by Gasteiger charge is -2.27. The number of benzene rings is 2. The van der Waals surface area contributed by atoms with Gasteiger partial charge in [0.15, 0.2) is 5.69 Å². The number of nitrogens with zero attached hydrogens (tertiary/aromatic N) is 3. The Morgan fingerprint density at radius 2 is 1.79 bits per heavy atom. The van der Waals surface area contributed by atoms with E-state index in [-0.39, 0.29) is 18.2 Å². The third-order valence-corrected chi connectivity index (χ3v) is 5.01. The van der Waals surface area contributed by atoms with Crippen LogP contribution in [0.3, 0.4) is 0 Å². The Hall–Kier alpha value is -3.32. The summed E-state index contributed by atoms with van der Waals surface area (Å²) < 4.78 is 6.64. The maximum Gasteiger partial charge on any atom is 0.359 e. The number of halogens is 1. The summed E-state index contributed by atoms with van der Waals surface area (Å²) in [5.41, 5.74) is 8.86. The van der Waals surface area contributed by atoms with Gasteiger partial charge in [-0.2, -0.15) is 5.10 Å². The molecule has 29 heavy (non-hydrogen) atoms. The summed E-state index contributed by atoms with van der Waals surface area (Å²) >= 11 is 5.99. The second kappa shape index (κ2) is 7.60. The lowest BCUT2D eigenvalue weighted by molar-refractivity contribution is 0.0517. The van der Waals surface area contributed by atoms with Crippen LogP contribution < -0.4 is 10.6 Å². The molecule has 2 N–H and O–H groups in total. The minimum atomic E-state index is -0.537. The van der Waals surface area contributed by atoms with Gasteiger partial charge in [-0.1, -0.05) is 11.6 Å². The zero-order valence-electron chi connectivity index (χ0n) is 15.8. The summed E-state index contributed by atoms with van der Waals surface area (Å²) in [6, 6.07) is 14.0. The van der Waals surface area contributed by atoms with Crippen molar-refractivity contribution in [1.29, 1.82) is 0 Å². The molecule has 0 spiro atoms. The minimum Gasteiger partial charge on any atom is -0.461 e. The number of amides is 1. The van der Waals surface area contributed by atoms with Crippen molar-refractivity contribution in [2.24, 2.45) is 0 Å². The fraction of sp³-hybridized carbons (Fsp3) is 0.190. The normalized spacial score (nSPS) is 13.3. The summed E-state index contributed by atoms with van der Waals surface area (Å²) in [4.78, 5) is 27.5. The van der Waals surface area contributed by atoms with Crippen LogP contribution in [0.25, 0.3) is 5.69 Å². The first-order chi connectivity index (χ1) is 14.0. The topological polar surface area (TPSA) is 90.4 Å². The lowest BCUT2D eigenvalue weighted by atomic mass is 10.0. The first-order valence-electron chi connectivity index (χ1n) is 9.22. The Bertz CT molecular complexity index is 1070. The molecule has 0 unspecified atom stereocenters. The molecule has 0 atom stereocenters. The molecule has 0 aliphatic carbocycles. The average molecular weight is 411 g/mol. The van der Waals surface area contributed by atoms with Crippen LogP contribution in [0.4, 0.5) is 11.4 Å². The second-order valence-electron chi connectivity index (χ2n) is 6.58. The van der Waals surface area contributed by atoms with Gasteiger partial charge in [0.2, 0.25) is 0 Å². The number of hydrogen-bond acceptors (Lipinski definition) is 5. The quantitative estimate of drug-likeness (QED) is 0.525. The molecule has 7 nitrogen and oxygen atoms in total. The van der Waals surface area contributed by atoms with Crippen molar-refractivity contribution < 1.29 is 14.3 Å². The van der Waals surface area contributed by atoms with E-state index in [2.05, 4.69) is 5.10 Å². The molecule has 148 valence electrons. The van der Waals surface area contributed by atoms with E-state index >= 15 is 0 Å². The summed E-state index contributed by atoms with van der Waals surface area (Å²) in [6.07, 6.45) is 0.479. The Kier molecular flexibility index (Phi) is 4.98. The predicted octanol–water partition coefficient (Wildman–Crippen LogP) is 3.49. The van der Waals surface area contributed by atoms with Crippen molar-refractivity contribution in [2.75, 3.05) is 23.8 Å². The van der Waals surface area contributed by atoms with Crippen LogP contribution in [0.5, 0.6) is 0 Å². The SMILES string of the molecule is CCOC(=O)c1nn(-c2ccc(Cl)cc2)c2c1CCN(c1ccc(N)cc1)C2=O. The van der Waals surface area contributed by atoms with Gasteiger partial charge in [0.05, 0.1) is 12.3 Å². The molecular formula is C21H19ClN4O3. The molecule has 3 aromatic rings. The summed E-state index contributed by atoms with van der Waals surface area (Å²) in [5, 5.41) is 5.00. The molecule has 1 aromatic heterocycles. The van der Waals surface area contributed by atoms with Gasteiger partial charge >= 0.3 is 5.97 Å². The standard InChI is InChI=1S/C21H19ClN4O3/c1-2-29-21(28)18-17-11-12-25(15-9-5-14(23)6-10-15)20(27)19(17)26(24-18)16-7-3-13(22)4-8-16/h3-10H,2,11-12,23H2,1H3. The zero-order valence-corrected chi connectivity index (χ0v) is 16.5. The number of nitrogen functional groups attached to an aromatic ring is 1. The zero-order chi connectivity index (χ0) is 20.5. The monoisotopic (exact) mass is 410 g/mol. The van der Waals surface area contributed by atoms with Gasteiger partial charge in [-0.3, -0.25) is 4.79 Å². The number of anilines is 2. The Balaban J connectivity index is 1.83. The Morgan fingerprint density at radius 3 is 2.45 bits per heavy atom. The van der Waals surface area contributed by atoms with Crippen molar-refractivity contribution in [3.8, 4) is 5.69 Å². The van der Waals surface area contributed by atoms with E-state index in [1.54, 1.807) is 60.4 Å². The highest BCUT2D eigenvalue weighted by molar-refractivity contribution is 6.30. The number of nitrogens with two attached hydrogens (primary N) is 1. The van der Waals surface area contributed by atoms with Gasteiger partial charge < -0.3 is 15.4 Å². The first kappa shape index (κ1) is 19.0.